The van der Waals surface area contributed by atoms with Gasteiger partial charge in [-0.05, 0) is 41.4 Å². The van der Waals surface area contributed by atoms with Crippen molar-refractivity contribution in [1.29, 1.82) is 0 Å². The molecule has 1 atom stereocenters. The van der Waals surface area contributed by atoms with Crippen molar-refractivity contribution in [2.75, 3.05) is 13.2 Å². The maximum absolute atomic E-state index is 12.8. The third-order valence-electron chi connectivity index (χ3n) is 2.71. The van der Waals surface area contributed by atoms with Crippen molar-refractivity contribution in [2.45, 2.75) is 25.1 Å². The van der Waals surface area contributed by atoms with E-state index in [2.05, 4.69) is 26.2 Å². The predicted octanol–water partition coefficient (Wildman–Crippen LogP) is 2.99. The van der Waals surface area contributed by atoms with Gasteiger partial charge in [0.15, 0.2) is 0 Å². The maximum atomic E-state index is 12.8. The molecule has 0 saturated carbocycles. The fourth-order valence-electron chi connectivity index (χ4n) is 1.82. The van der Waals surface area contributed by atoms with E-state index in [0.29, 0.717) is 0 Å². The summed E-state index contributed by atoms with van der Waals surface area (Å²) in [6.45, 7) is 1.09. The van der Waals surface area contributed by atoms with E-state index in [1.165, 1.54) is 6.20 Å². The van der Waals surface area contributed by atoms with E-state index >= 15 is 0 Å². The summed E-state index contributed by atoms with van der Waals surface area (Å²) in [5.74, 6) is -0.362. The van der Waals surface area contributed by atoms with Crippen LogP contribution in [0, 0.1) is 0 Å². The molecular formula is C11H12BrF3N2O. The summed E-state index contributed by atoms with van der Waals surface area (Å²) >= 11 is 2.98. The molecule has 1 aromatic rings. The van der Waals surface area contributed by atoms with Crippen molar-refractivity contribution in [3.05, 3.63) is 22.3 Å². The van der Waals surface area contributed by atoms with Gasteiger partial charge in [0.25, 0.3) is 0 Å². The standard InChI is InChI=1S/C11H12BrF3N2O/c12-7-4-9(11(13,14)15)10(17-5-7)18-6-8-2-1-3-16-8/h4-5,8,16H,1-3,6H2. The molecule has 1 aromatic heterocycles. The average molecular weight is 325 g/mol. The van der Waals surface area contributed by atoms with Gasteiger partial charge in [0.1, 0.15) is 12.2 Å². The van der Waals surface area contributed by atoms with Crippen LogP contribution in [0.4, 0.5) is 13.2 Å². The smallest absolute Gasteiger partial charge is 0.421 e. The largest absolute Gasteiger partial charge is 0.476 e. The quantitative estimate of drug-likeness (QED) is 0.928. The lowest BCUT2D eigenvalue weighted by Crippen LogP contribution is -2.28. The van der Waals surface area contributed by atoms with E-state index < -0.39 is 11.7 Å². The van der Waals surface area contributed by atoms with Gasteiger partial charge >= 0.3 is 6.18 Å². The Kier molecular flexibility index (Phi) is 4.11. The number of pyridine rings is 1. The van der Waals surface area contributed by atoms with Gasteiger partial charge in [0.2, 0.25) is 5.88 Å². The minimum absolute atomic E-state index is 0.108. The molecule has 1 N–H and O–H groups in total. The van der Waals surface area contributed by atoms with Crippen molar-refractivity contribution in [2.24, 2.45) is 0 Å². The van der Waals surface area contributed by atoms with Crippen LogP contribution in [0.15, 0.2) is 16.7 Å². The van der Waals surface area contributed by atoms with Gasteiger partial charge in [-0.2, -0.15) is 13.2 Å². The number of hydrogen-bond acceptors (Lipinski definition) is 3. The molecule has 1 aliphatic heterocycles. The third-order valence-corrected chi connectivity index (χ3v) is 3.14. The van der Waals surface area contributed by atoms with E-state index in [1.54, 1.807) is 0 Å². The fourth-order valence-corrected chi connectivity index (χ4v) is 2.15. The molecule has 1 fully saturated rings. The first-order chi connectivity index (χ1) is 8.47. The molecule has 3 nitrogen and oxygen atoms in total. The minimum atomic E-state index is -4.46. The molecule has 0 bridgehead atoms. The van der Waals surface area contributed by atoms with Crippen LogP contribution < -0.4 is 10.1 Å². The molecule has 1 saturated heterocycles. The van der Waals surface area contributed by atoms with Gasteiger partial charge in [-0.25, -0.2) is 4.98 Å². The van der Waals surface area contributed by atoms with Crippen LogP contribution in [-0.4, -0.2) is 24.2 Å². The lowest BCUT2D eigenvalue weighted by molar-refractivity contribution is -0.139. The van der Waals surface area contributed by atoms with E-state index in [9.17, 15) is 13.2 Å². The van der Waals surface area contributed by atoms with Gasteiger partial charge in [-0.3, -0.25) is 0 Å². The molecule has 1 aliphatic rings. The van der Waals surface area contributed by atoms with E-state index in [1.807, 2.05) is 0 Å². The SMILES string of the molecule is FC(F)(F)c1cc(Br)cnc1OCC1CCCN1. The number of aromatic nitrogens is 1. The average Bonchev–Trinajstić information content (AvgIpc) is 2.79. The molecule has 7 heteroatoms. The first-order valence-corrected chi connectivity index (χ1v) is 6.35. The summed E-state index contributed by atoms with van der Waals surface area (Å²) in [5.41, 5.74) is -0.852. The van der Waals surface area contributed by atoms with Gasteiger partial charge in [0, 0.05) is 16.7 Å². The summed E-state index contributed by atoms with van der Waals surface area (Å²) < 4.78 is 43.8. The van der Waals surface area contributed by atoms with Gasteiger partial charge < -0.3 is 10.1 Å². The summed E-state index contributed by atoms with van der Waals surface area (Å²) in [6.07, 6.45) is -1.23. The number of hydrogen-bond donors (Lipinski definition) is 1. The molecule has 0 amide bonds. The zero-order valence-corrected chi connectivity index (χ0v) is 11.0. The highest BCUT2D eigenvalue weighted by Gasteiger charge is 2.35. The van der Waals surface area contributed by atoms with Crippen LogP contribution in [0.1, 0.15) is 18.4 Å². The monoisotopic (exact) mass is 324 g/mol. The molecule has 2 heterocycles. The van der Waals surface area contributed by atoms with Crippen LogP contribution >= 0.6 is 15.9 Å². The first kappa shape index (κ1) is 13.6. The highest BCUT2D eigenvalue weighted by Crippen LogP contribution is 2.36. The molecular weight excluding hydrogens is 313 g/mol. The first-order valence-electron chi connectivity index (χ1n) is 5.56. The highest BCUT2D eigenvalue weighted by atomic mass is 79.9. The Morgan fingerprint density at radius 1 is 1.50 bits per heavy atom. The van der Waals surface area contributed by atoms with E-state index in [4.69, 9.17) is 4.74 Å². The van der Waals surface area contributed by atoms with E-state index in [-0.39, 0.29) is 23.0 Å². The Bertz CT molecular complexity index is 419. The van der Waals surface area contributed by atoms with Gasteiger partial charge in [-0.1, -0.05) is 0 Å². The summed E-state index contributed by atoms with van der Waals surface area (Å²) in [4.78, 5) is 3.69. The Balaban J connectivity index is 2.11. The van der Waals surface area contributed by atoms with E-state index in [0.717, 1.165) is 25.5 Å². The lowest BCUT2D eigenvalue weighted by atomic mass is 10.2. The molecule has 0 radical (unpaired) electrons. The maximum Gasteiger partial charge on any atom is 0.421 e. The second kappa shape index (κ2) is 5.44. The number of alkyl halides is 3. The Morgan fingerprint density at radius 3 is 2.89 bits per heavy atom. The number of rotatable bonds is 3. The summed E-state index contributed by atoms with van der Waals surface area (Å²) in [6, 6.07) is 1.08. The topological polar surface area (TPSA) is 34.1 Å². The molecule has 0 aromatic carbocycles. The molecule has 100 valence electrons. The molecule has 0 aliphatic carbocycles. The minimum Gasteiger partial charge on any atom is -0.476 e. The Morgan fingerprint density at radius 2 is 2.28 bits per heavy atom. The second-order valence-corrected chi connectivity index (χ2v) is 5.02. The van der Waals surface area contributed by atoms with Gasteiger partial charge in [-0.15, -0.1) is 0 Å². The van der Waals surface area contributed by atoms with Crippen LogP contribution in [-0.2, 0) is 6.18 Å². The van der Waals surface area contributed by atoms with Crippen LogP contribution in [0.2, 0.25) is 0 Å². The Labute approximate surface area is 111 Å². The van der Waals surface area contributed by atoms with Crippen molar-refractivity contribution >= 4 is 15.9 Å². The molecule has 1 unspecified atom stereocenters. The van der Waals surface area contributed by atoms with Crippen molar-refractivity contribution in [1.82, 2.24) is 10.3 Å². The van der Waals surface area contributed by atoms with Gasteiger partial charge in [0.05, 0.1) is 0 Å². The summed E-state index contributed by atoms with van der Waals surface area (Å²) in [5, 5.41) is 3.15. The van der Waals surface area contributed by atoms with Crippen LogP contribution in [0.3, 0.4) is 0 Å². The predicted molar refractivity (Wildman–Crippen MR) is 63.5 cm³/mol. The van der Waals surface area contributed by atoms with Crippen molar-refractivity contribution in [3.8, 4) is 5.88 Å². The lowest BCUT2D eigenvalue weighted by Gasteiger charge is -2.15. The third kappa shape index (κ3) is 3.35. The molecule has 18 heavy (non-hydrogen) atoms. The zero-order valence-electron chi connectivity index (χ0n) is 9.43. The fraction of sp³-hybridized carbons (Fsp3) is 0.545. The normalized spacial score (nSPS) is 20.1. The number of halogens is 4. The Hall–Kier alpha value is -0.820. The van der Waals surface area contributed by atoms with Crippen LogP contribution in [0.25, 0.3) is 0 Å². The second-order valence-electron chi connectivity index (χ2n) is 4.11. The number of nitrogens with zero attached hydrogens (tertiary/aromatic N) is 1. The zero-order chi connectivity index (χ0) is 13.2. The highest BCUT2D eigenvalue weighted by molar-refractivity contribution is 9.10. The number of ether oxygens (including phenoxy) is 1. The number of nitrogens with one attached hydrogen (secondary N) is 1. The molecule has 0 spiro atoms. The summed E-state index contributed by atoms with van der Waals surface area (Å²) in [7, 11) is 0. The van der Waals surface area contributed by atoms with Crippen LogP contribution in [0.5, 0.6) is 5.88 Å². The van der Waals surface area contributed by atoms with Crippen molar-refractivity contribution < 1.29 is 17.9 Å². The molecule has 2 rings (SSSR count). The van der Waals surface area contributed by atoms with Crippen molar-refractivity contribution in [3.63, 3.8) is 0 Å².